The van der Waals surface area contributed by atoms with Crippen molar-refractivity contribution in [1.29, 1.82) is 5.26 Å². The van der Waals surface area contributed by atoms with Crippen LogP contribution in [0.2, 0.25) is 0 Å². The molecule has 9 heteroatoms. The van der Waals surface area contributed by atoms with E-state index in [0.29, 0.717) is 17.5 Å². The number of nitrogens with one attached hydrogen (secondary N) is 1. The molecule has 3 rings (SSSR count). The number of hydrogen-bond acceptors (Lipinski definition) is 6. The van der Waals surface area contributed by atoms with Crippen molar-refractivity contribution in [3.63, 3.8) is 0 Å². The van der Waals surface area contributed by atoms with E-state index in [4.69, 9.17) is 4.74 Å². The Morgan fingerprint density at radius 3 is 2.77 bits per heavy atom. The van der Waals surface area contributed by atoms with Crippen LogP contribution in [0.5, 0.6) is 0 Å². The molecule has 1 fully saturated rings. The molecule has 0 radical (unpaired) electrons. The maximum atomic E-state index is 13.3. The molecule has 0 spiro atoms. The second kappa shape index (κ2) is 9.58. The highest BCUT2D eigenvalue weighted by atomic mass is 32.2. The summed E-state index contributed by atoms with van der Waals surface area (Å²) in [5.41, 5.74) is -0.183. The van der Waals surface area contributed by atoms with Gasteiger partial charge in [-0.05, 0) is 49.9 Å². The zero-order chi connectivity index (χ0) is 21.7. The van der Waals surface area contributed by atoms with Crippen molar-refractivity contribution >= 4 is 17.7 Å². The highest BCUT2D eigenvalue weighted by Crippen LogP contribution is 2.27. The van der Waals surface area contributed by atoms with Gasteiger partial charge in [-0.15, -0.1) is 10.2 Å². The average molecular weight is 432 g/mol. The van der Waals surface area contributed by atoms with E-state index in [1.807, 2.05) is 18.4 Å². The molecular weight excluding hydrogens is 405 g/mol. The van der Waals surface area contributed by atoms with Crippen LogP contribution in [0, 0.1) is 23.1 Å². The minimum Gasteiger partial charge on any atom is -0.376 e. The number of amides is 1. The van der Waals surface area contributed by atoms with Gasteiger partial charge in [0.25, 0.3) is 0 Å². The highest BCUT2D eigenvalue weighted by molar-refractivity contribution is 7.99. The van der Waals surface area contributed by atoms with E-state index < -0.39 is 5.54 Å². The third-order valence-electron chi connectivity index (χ3n) is 5.35. The normalized spacial score (nSPS) is 18.2. The summed E-state index contributed by atoms with van der Waals surface area (Å²) in [5.74, 6) is 0.132. The lowest BCUT2D eigenvalue weighted by Gasteiger charge is -2.27. The lowest BCUT2D eigenvalue weighted by molar-refractivity contribution is -0.120. The van der Waals surface area contributed by atoms with Gasteiger partial charge in [-0.3, -0.25) is 9.36 Å². The average Bonchev–Trinajstić information content (AvgIpc) is 3.37. The van der Waals surface area contributed by atoms with Crippen LogP contribution in [0.3, 0.4) is 0 Å². The molecule has 0 saturated carbocycles. The quantitative estimate of drug-likeness (QED) is 0.644. The van der Waals surface area contributed by atoms with E-state index in [0.717, 1.165) is 25.0 Å². The van der Waals surface area contributed by atoms with Crippen molar-refractivity contribution in [1.82, 2.24) is 20.1 Å². The zero-order valence-corrected chi connectivity index (χ0v) is 18.2. The van der Waals surface area contributed by atoms with Crippen LogP contribution in [0.4, 0.5) is 4.39 Å². The summed E-state index contributed by atoms with van der Waals surface area (Å²) in [6, 6.07) is 8.26. The first-order valence-corrected chi connectivity index (χ1v) is 11.0. The van der Waals surface area contributed by atoms with Crippen molar-refractivity contribution in [3.05, 3.63) is 30.1 Å². The van der Waals surface area contributed by atoms with Crippen molar-refractivity contribution in [2.24, 2.45) is 5.92 Å². The van der Waals surface area contributed by atoms with Crippen LogP contribution in [-0.4, -0.2) is 44.7 Å². The molecule has 1 aromatic heterocycles. The smallest absolute Gasteiger partial charge is 0.231 e. The minimum absolute atomic E-state index is 0.0234. The van der Waals surface area contributed by atoms with Crippen LogP contribution in [0.25, 0.3) is 11.4 Å². The minimum atomic E-state index is -0.928. The molecule has 2 heterocycles. The number of benzene rings is 1. The second-order valence-electron chi connectivity index (χ2n) is 7.86. The first-order valence-electron chi connectivity index (χ1n) is 9.98. The number of hydrogen-bond donors (Lipinski definition) is 1. The third-order valence-corrected chi connectivity index (χ3v) is 6.31. The van der Waals surface area contributed by atoms with Crippen LogP contribution in [0.1, 0.15) is 33.6 Å². The number of aromatic nitrogens is 3. The van der Waals surface area contributed by atoms with E-state index in [-0.39, 0.29) is 29.5 Å². The molecule has 2 unspecified atom stereocenters. The maximum Gasteiger partial charge on any atom is 0.231 e. The van der Waals surface area contributed by atoms with Crippen molar-refractivity contribution in [2.45, 2.75) is 57.0 Å². The summed E-state index contributed by atoms with van der Waals surface area (Å²) in [4.78, 5) is 12.5. The summed E-state index contributed by atoms with van der Waals surface area (Å²) in [5, 5.41) is 21.3. The number of ether oxygens (including phenoxy) is 1. The molecule has 1 aromatic carbocycles. The lowest BCUT2D eigenvalue weighted by atomic mass is 9.90. The molecular formula is C21H26FN5O2S. The number of halogens is 1. The fraction of sp³-hybridized carbons (Fsp3) is 0.524. The number of carbonyl (C=O) groups is 1. The highest BCUT2D eigenvalue weighted by Gasteiger charge is 2.30. The van der Waals surface area contributed by atoms with Crippen LogP contribution < -0.4 is 5.32 Å². The van der Waals surface area contributed by atoms with E-state index >= 15 is 0 Å². The Hall–Kier alpha value is -2.44. The van der Waals surface area contributed by atoms with E-state index in [1.54, 1.807) is 19.1 Å². The molecule has 1 N–H and O–H groups in total. The Balaban J connectivity index is 1.77. The number of nitriles is 1. The fourth-order valence-corrected chi connectivity index (χ4v) is 3.87. The van der Waals surface area contributed by atoms with Gasteiger partial charge in [0.15, 0.2) is 11.0 Å². The Morgan fingerprint density at radius 2 is 2.17 bits per heavy atom. The molecule has 2 aromatic rings. The van der Waals surface area contributed by atoms with Crippen molar-refractivity contribution in [2.75, 3.05) is 12.4 Å². The summed E-state index contributed by atoms with van der Waals surface area (Å²) in [7, 11) is 0. The van der Waals surface area contributed by atoms with Crippen molar-refractivity contribution < 1.29 is 13.9 Å². The third kappa shape index (κ3) is 5.18. The van der Waals surface area contributed by atoms with Gasteiger partial charge in [-0.2, -0.15) is 5.26 Å². The lowest BCUT2D eigenvalue weighted by Crippen LogP contribution is -2.49. The molecule has 2 atom stereocenters. The predicted molar refractivity (Wildman–Crippen MR) is 112 cm³/mol. The van der Waals surface area contributed by atoms with Gasteiger partial charge in [0, 0.05) is 12.2 Å². The molecule has 30 heavy (non-hydrogen) atoms. The van der Waals surface area contributed by atoms with Crippen LogP contribution >= 0.6 is 11.8 Å². The summed E-state index contributed by atoms with van der Waals surface area (Å²) < 4.78 is 21.0. The maximum absolute atomic E-state index is 13.3. The van der Waals surface area contributed by atoms with Gasteiger partial charge in [-0.25, -0.2) is 4.39 Å². The monoisotopic (exact) mass is 431 g/mol. The second-order valence-corrected chi connectivity index (χ2v) is 8.81. The first-order chi connectivity index (χ1) is 14.3. The van der Waals surface area contributed by atoms with Gasteiger partial charge < -0.3 is 10.1 Å². The van der Waals surface area contributed by atoms with Gasteiger partial charge in [0.05, 0.1) is 24.5 Å². The molecule has 160 valence electrons. The van der Waals surface area contributed by atoms with Crippen LogP contribution in [0.15, 0.2) is 29.4 Å². The molecule has 1 aliphatic rings. The Labute approximate surface area is 180 Å². The molecule has 1 saturated heterocycles. The summed E-state index contributed by atoms with van der Waals surface area (Å²) >= 11 is 1.26. The van der Waals surface area contributed by atoms with Crippen molar-refractivity contribution in [3.8, 4) is 17.5 Å². The van der Waals surface area contributed by atoms with Crippen LogP contribution in [-0.2, 0) is 16.1 Å². The van der Waals surface area contributed by atoms with Gasteiger partial charge in [-0.1, -0.05) is 25.6 Å². The molecule has 7 nitrogen and oxygen atoms in total. The Morgan fingerprint density at radius 1 is 1.43 bits per heavy atom. The van der Waals surface area contributed by atoms with Gasteiger partial charge in [0.1, 0.15) is 11.4 Å². The summed E-state index contributed by atoms with van der Waals surface area (Å²) in [6.07, 6.45) is 2.00. The fourth-order valence-electron chi connectivity index (χ4n) is 3.12. The van der Waals surface area contributed by atoms with Gasteiger partial charge >= 0.3 is 0 Å². The number of nitrogens with zero attached hydrogens (tertiary/aromatic N) is 4. The molecule has 1 aliphatic heterocycles. The van der Waals surface area contributed by atoms with E-state index in [9.17, 15) is 14.4 Å². The molecule has 1 amide bonds. The zero-order valence-electron chi connectivity index (χ0n) is 17.4. The predicted octanol–water partition coefficient (Wildman–Crippen LogP) is 3.41. The Bertz CT molecular complexity index is 918. The van der Waals surface area contributed by atoms with Gasteiger partial charge in [0.2, 0.25) is 5.91 Å². The number of thioether (sulfide) groups is 1. The summed E-state index contributed by atoms with van der Waals surface area (Å²) in [6.45, 7) is 6.79. The first kappa shape index (κ1) is 22.2. The topological polar surface area (TPSA) is 92.8 Å². The molecule has 0 bridgehead atoms. The van der Waals surface area contributed by atoms with E-state index in [2.05, 4.69) is 21.6 Å². The standard InChI is InChI=1S/C21H26FN5O2S/c1-14(2)21(3,13-23)24-18(28)12-30-20-26-25-19(15-6-8-16(22)9-7-15)27(20)11-17-5-4-10-29-17/h6-9,14,17H,4-5,10-12H2,1-3H3,(H,24,28). The Kier molecular flexibility index (Phi) is 7.10. The number of rotatable bonds is 8. The SMILES string of the molecule is CC(C)C(C)(C#N)NC(=O)CSc1nnc(-c2ccc(F)cc2)n1CC1CCCO1. The number of carbonyl (C=O) groups excluding carboxylic acids is 1. The van der Waals surface area contributed by atoms with E-state index in [1.165, 1.54) is 23.9 Å². The molecule has 0 aliphatic carbocycles. The largest absolute Gasteiger partial charge is 0.376 e.